The number of nitrogens with two attached hydrogens (primary N) is 1. The van der Waals surface area contributed by atoms with Crippen molar-refractivity contribution in [1.29, 1.82) is 0 Å². The lowest BCUT2D eigenvalue weighted by atomic mass is 10.2. The Bertz CT molecular complexity index is 304. The van der Waals surface area contributed by atoms with Crippen molar-refractivity contribution < 1.29 is 4.92 Å². The Balaban J connectivity index is 3.21. The molecule has 0 aliphatic carbocycles. The molecule has 0 aliphatic heterocycles. The molecular formula is C6H10N4O2. The van der Waals surface area contributed by atoms with E-state index in [-0.39, 0.29) is 11.7 Å². The topological polar surface area (TPSA) is 87.0 Å². The van der Waals surface area contributed by atoms with Crippen molar-refractivity contribution in [2.45, 2.75) is 13.0 Å². The summed E-state index contributed by atoms with van der Waals surface area (Å²) < 4.78 is 1.42. The van der Waals surface area contributed by atoms with Crippen LogP contribution in [0.3, 0.4) is 0 Å². The third-order valence-corrected chi connectivity index (χ3v) is 1.59. The molecule has 1 rings (SSSR count). The predicted molar refractivity (Wildman–Crippen MR) is 42.5 cm³/mol. The lowest BCUT2D eigenvalue weighted by Gasteiger charge is -2.03. The van der Waals surface area contributed by atoms with Gasteiger partial charge in [-0.25, -0.2) is 0 Å². The number of aromatic nitrogens is 2. The maximum absolute atomic E-state index is 10.4. The standard InChI is InChI=1S/C6H10N4O2/c1-4(7)6-5(10(11)12)3-8-9(6)2/h3-4H,7H2,1-2H3. The zero-order valence-electron chi connectivity index (χ0n) is 6.89. The molecule has 1 heterocycles. The van der Waals surface area contributed by atoms with Crippen LogP contribution in [-0.2, 0) is 7.05 Å². The van der Waals surface area contributed by atoms with Crippen molar-refractivity contribution in [3.8, 4) is 0 Å². The van der Waals surface area contributed by atoms with Gasteiger partial charge in [-0.2, -0.15) is 5.10 Å². The van der Waals surface area contributed by atoms with E-state index in [1.807, 2.05) is 0 Å². The van der Waals surface area contributed by atoms with Gasteiger partial charge < -0.3 is 5.73 Å². The summed E-state index contributed by atoms with van der Waals surface area (Å²) in [7, 11) is 1.63. The molecule has 0 saturated carbocycles. The Morgan fingerprint density at radius 3 is 2.75 bits per heavy atom. The molecule has 0 aliphatic rings. The average Bonchev–Trinajstić information content (AvgIpc) is 2.30. The number of aryl methyl sites for hydroxylation is 1. The molecule has 6 nitrogen and oxygen atoms in total. The number of hydrogen-bond donors (Lipinski definition) is 1. The molecule has 1 atom stereocenters. The van der Waals surface area contributed by atoms with E-state index in [9.17, 15) is 10.1 Å². The monoisotopic (exact) mass is 170 g/mol. The normalized spacial score (nSPS) is 12.9. The molecule has 2 N–H and O–H groups in total. The smallest absolute Gasteiger partial charge is 0.311 e. The maximum atomic E-state index is 10.4. The Morgan fingerprint density at radius 2 is 2.42 bits per heavy atom. The highest BCUT2D eigenvalue weighted by Crippen LogP contribution is 2.21. The Morgan fingerprint density at radius 1 is 1.83 bits per heavy atom. The summed E-state index contributed by atoms with van der Waals surface area (Å²) in [4.78, 5) is 9.96. The van der Waals surface area contributed by atoms with E-state index in [2.05, 4.69) is 5.10 Å². The molecule has 1 aromatic heterocycles. The van der Waals surface area contributed by atoms with Gasteiger partial charge >= 0.3 is 5.69 Å². The third-order valence-electron chi connectivity index (χ3n) is 1.59. The molecule has 0 spiro atoms. The number of nitro groups is 1. The predicted octanol–water partition coefficient (Wildman–Crippen LogP) is 0.348. The van der Waals surface area contributed by atoms with Crippen molar-refractivity contribution >= 4 is 5.69 Å². The second-order valence-electron chi connectivity index (χ2n) is 2.58. The number of hydrogen-bond acceptors (Lipinski definition) is 4. The molecule has 0 aromatic carbocycles. The Hall–Kier alpha value is -1.43. The van der Waals surface area contributed by atoms with Crippen LogP contribution in [0.25, 0.3) is 0 Å². The molecule has 0 bridgehead atoms. The van der Waals surface area contributed by atoms with E-state index in [4.69, 9.17) is 5.73 Å². The first-order chi connectivity index (χ1) is 5.54. The van der Waals surface area contributed by atoms with Gasteiger partial charge in [0.2, 0.25) is 0 Å². The summed E-state index contributed by atoms with van der Waals surface area (Å²) in [5.74, 6) is 0. The van der Waals surface area contributed by atoms with Crippen LogP contribution in [0.1, 0.15) is 18.7 Å². The second kappa shape index (κ2) is 2.90. The molecule has 0 amide bonds. The van der Waals surface area contributed by atoms with Gasteiger partial charge in [0.15, 0.2) is 0 Å². The van der Waals surface area contributed by atoms with Gasteiger partial charge in [-0.05, 0) is 6.92 Å². The van der Waals surface area contributed by atoms with Crippen LogP contribution < -0.4 is 5.73 Å². The molecular weight excluding hydrogens is 160 g/mol. The lowest BCUT2D eigenvalue weighted by molar-refractivity contribution is -0.385. The largest absolute Gasteiger partial charge is 0.323 e. The number of nitrogens with zero attached hydrogens (tertiary/aromatic N) is 3. The molecule has 6 heteroatoms. The quantitative estimate of drug-likeness (QED) is 0.512. The average molecular weight is 170 g/mol. The Labute approximate surface area is 69.1 Å². The van der Waals surface area contributed by atoms with E-state index in [0.717, 1.165) is 0 Å². The highest BCUT2D eigenvalue weighted by Gasteiger charge is 2.21. The van der Waals surface area contributed by atoms with Crippen LogP contribution in [0.4, 0.5) is 5.69 Å². The maximum Gasteiger partial charge on any atom is 0.311 e. The van der Waals surface area contributed by atoms with Gasteiger partial charge in [0, 0.05) is 7.05 Å². The van der Waals surface area contributed by atoms with Crippen molar-refractivity contribution in [2.24, 2.45) is 12.8 Å². The van der Waals surface area contributed by atoms with E-state index < -0.39 is 4.92 Å². The zero-order valence-corrected chi connectivity index (χ0v) is 6.89. The fourth-order valence-electron chi connectivity index (χ4n) is 1.10. The molecule has 0 radical (unpaired) electrons. The van der Waals surface area contributed by atoms with E-state index in [1.165, 1.54) is 10.9 Å². The Kier molecular flexibility index (Phi) is 2.09. The zero-order chi connectivity index (χ0) is 9.30. The highest BCUT2D eigenvalue weighted by atomic mass is 16.6. The molecule has 1 unspecified atom stereocenters. The summed E-state index contributed by atoms with van der Waals surface area (Å²) in [5.41, 5.74) is 5.96. The second-order valence-corrected chi connectivity index (χ2v) is 2.58. The fourth-order valence-corrected chi connectivity index (χ4v) is 1.10. The van der Waals surface area contributed by atoms with Gasteiger partial charge in [-0.15, -0.1) is 0 Å². The van der Waals surface area contributed by atoms with Crippen LogP contribution >= 0.6 is 0 Å². The minimum Gasteiger partial charge on any atom is -0.323 e. The van der Waals surface area contributed by atoms with Crippen LogP contribution in [0.5, 0.6) is 0 Å². The summed E-state index contributed by atoms with van der Waals surface area (Å²) in [6.45, 7) is 1.68. The number of rotatable bonds is 2. The summed E-state index contributed by atoms with van der Waals surface area (Å²) >= 11 is 0. The molecule has 12 heavy (non-hydrogen) atoms. The fraction of sp³-hybridized carbons (Fsp3) is 0.500. The first-order valence-electron chi connectivity index (χ1n) is 3.46. The lowest BCUT2D eigenvalue weighted by Crippen LogP contribution is -2.12. The van der Waals surface area contributed by atoms with E-state index in [1.54, 1.807) is 14.0 Å². The molecule has 0 saturated heterocycles. The third kappa shape index (κ3) is 1.28. The van der Waals surface area contributed by atoms with Gasteiger partial charge in [-0.1, -0.05) is 0 Å². The van der Waals surface area contributed by atoms with Crippen LogP contribution in [0.15, 0.2) is 6.20 Å². The van der Waals surface area contributed by atoms with Crippen LogP contribution in [0, 0.1) is 10.1 Å². The summed E-state index contributed by atoms with van der Waals surface area (Å²) in [6.07, 6.45) is 1.21. The van der Waals surface area contributed by atoms with Crippen molar-refractivity contribution in [1.82, 2.24) is 9.78 Å². The minimum atomic E-state index is -0.480. The van der Waals surface area contributed by atoms with Crippen molar-refractivity contribution in [3.05, 3.63) is 22.0 Å². The van der Waals surface area contributed by atoms with Crippen molar-refractivity contribution in [2.75, 3.05) is 0 Å². The van der Waals surface area contributed by atoms with Gasteiger partial charge in [-0.3, -0.25) is 14.8 Å². The first kappa shape index (κ1) is 8.66. The van der Waals surface area contributed by atoms with Crippen LogP contribution in [0.2, 0.25) is 0 Å². The van der Waals surface area contributed by atoms with Gasteiger partial charge in [0.1, 0.15) is 11.9 Å². The van der Waals surface area contributed by atoms with Gasteiger partial charge in [0.05, 0.1) is 11.0 Å². The minimum absolute atomic E-state index is 0.0208. The van der Waals surface area contributed by atoms with Gasteiger partial charge in [0.25, 0.3) is 0 Å². The van der Waals surface area contributed by atoms with E-state index >= 15 is 0 Å². The van der Waals surface area contributed by atoms with Crippen molar-refractivity contribution in [3.63, 3.8) is 0 Å². The van der Waals surface area contributed by atoms with Crippen LogP contribution in [-0.4, -0.2) is 14.7 Å². The SMILES string of the molecule is CC(N)c1c([N+](=O)[O-])cnn1C. The highest BCUT2D eigenvalue weighted by molar-refractivity contribution is 5.34. The summed E-state index contributed by atoms with van der Waals surface area (Å²) in [5, 5.41) is 14.2. The first-order valence-corrected chi connectivity index (χ1v) is 3.46. The molecule has 0 fully saturated rings. The molecule has 1 aromatic rings. The molecule has 66 valence electrons. The van der Waals surface area contributed by atoms with E-state index in [0.29, 0.717) is 5.69 Å². The summed E-state index contributed by atoms with van der Waals surface area (Å²) in [6, 6.07) is -0.377.